The zero-order valence-corrected chi connectivity index (χ0v) is 16.4. The zero-order valence-electron chi connectivity index (χ0n) is 15.6. The van der Waals surface area contributed by atoms with E-state index >= 15 is 0 Å². The van der Waals surface area contributed by atoms with Gasteiger partial charge in [0.05, 0.1) is 5.71 Å². The first-order valence-corrected chi connectivity index (χ1v) is 10.0. The molecular formula is C21H22N4O2S. The van der Waals surface area contributed by atoms with E-state index in [1.54, 1.807) is 0 Å². The van der Waals surface area contributed by atoms with Gasteiger partial charge in [-0.05, 0) is 17.5 Å². The highest BCUT2D eigenvalue weighted by Crippen LogP contribution is 2.22. The summed E-state index contributed by atoms with van der Waals surface area (Å²) in [5.74, 6) is -0.383. The third-order valence-electron chi connectivity index (χ3n) is 4.18. The number of carbonyl (C=O) groups is 2. The molecule has 0 saturated carbocycles. The average molecular weight is 395 g/mol. The van der Waals surface area contributed by atoms with Crippen molar-refractivity contribution >= 4 is 34.5 Å². The van der Waals surface area contributed by atoms with Crippen LogP contribution in [0, 0.1) is 0 Å². The monoisotopic (exact) mass is 394 g/mol. The van der Waals surface area contributed by atoms with E-state index in [9.17, 15) is 9.59 Å². The number of hydrogen-bond donors (Lipinski definition) is 2. The van der Waals surface area contributed by atoms with Gasteiger partial charge in [0.1, 0.15) is 5.25 Å². The molecule has 0 aromatic heterocycles. The minimum atomic E-state index is -0.494. The van der Waals surface area contributed by atoms with Crippen molar-refractivity contribution in [3.63, 3.8) is 0 Å². The summed E-state index contributed by atoms with van der Waals surface area (Å²) in [5, 5.41) is 13.9. The summed E-state index contributed by atoms with van der Waals surface area (Å²) in [7, 11) is 0. The van der Waals surface area contributed by atoms with Gasteiger partial charge in [-0.2, -0.15) is 5.10 Å². The smallest absolute Gasteiger partial charge is 0.240 e. The van der Waals surface area contributed by atoms with Crippen LogP contribution in [0.5, 0.6) is 0 Å². The molecule has 0 aliphatic carbocycles. The number of carbonyl (C=O) groups excluding carboxylic acids is 2. The second kappa shape index (κ2) is 9.85. The summed E-state index contributed by atoms with van der Waals surface area (Å²) < 4.78 is 0. The Morgan fingerprint density at radius 3 is 2.46 bits per heavy atom. The molecule has 0 bridgehead atoms. The highest BCUT2D eigenvalue weighted by molar-refractivity contribution is 8.15. The number of benzene rings is 2. The van der Waals surface area contributed by atoms with Crippen LogP contribution in [-0.2, 0) is 16.1 Å². The quantitative estimate of drug-likeness (QED) is 0.559. The van der Waals surface area contributed by atoms with Gasteiger partial charge >= 0.3 is 0 Å². The Balaban J connectivity index is 1.56. The van der Waals surface area contributed by atoms with Gasteiger partial charge in [0.15, 0.2) is 5.17 Å². The molecular weight excluding hydrogens is 372 g/mol. The van der Waals surface area contributed by atoms with Crippen molar-refractivity contribution in [2.75, 3.05) is 0 Å². The molecule has 3 rings (SSSR count). The van der Waals surface area contributed by atoms with E-state index in [2.05, 4.69) is 20.8 Å². The lowest BCUT2D eigenvalue weighted by atomic mass is 10.1. The van der Waals surface area contributed by atoms with Crippen molar-refractivity contribution in [1.82, 2.24) is 10.6 Å². The molecule has 144 valence electrons. The van der Waals surface area contributed by atoms with E-state index in [-0.39, 0.29) is 18.2 Å². The van der Waals surface area contributed by atoms with Crippen LogP contribution in [0.1, 0.15) is 30.9 Å². The molecule has 2 N–H and O–H groups in total. The number of thioether (sulfide) groups is 1. The second-order valence-electron chi connectivity index (χ2n) is 6.23. The van der Waals surface area contributed by atoms with E-state index in [0.717, 1.165) is 23.3 Å². The van der Waals surface area contributed by atoms with Crippen LogP contribution in [0.4, 0.5) is 0 Å². The van der Waals surface area contributed by atoms with Crippen molar-refractivity contribution in [1.29, 1.82) is 0 Å². The normalized spacial score (nSPS) is 18.2. The van der Waals surface area contributed by atoms with Crippen LogP contribution < -0.4 is 10.6 Å². The van der Waals surface area contributed by atoms with E-state index in [1.807, 2.05) is 67.6 Å². The van der Waals surface area contributed by atoms with E-state index in [4.69, 9.17) is 0 Å². The van der Waals surface area contributed by atoms with Crippen LogP contribution >= 0.6 is 11.8 Å². The van der Waals surface area contributed by atoms with Crippen LogP contribution in [0.3, 0.4) is 0 Å². The summed E-state index contributed by atoms with van der Waals surface area (Å²) in [6.45, 7) is 2.45. The standard InChI is InChI=1S/C21H22N4O2S/c1-2-17(16-11-7-4-8-12-16)24-25-21-23-20(27)18(28-21)13-19(26)22-14-15-9-5-3-6-10-15/h3-12,18H,2,13-14H2,1H3,(H,22,26)(H,23,25,27). The Morgan fingerprint density at radius 2 is 1.79 bits per heavy atom. The Morgan fingerprint density at radius 1 is 1.11 bits per heavy atom. The lowest BCUT2D eigenvalue weighted by Gasteiger charge is -2.07. The summed E-state index contributed by atoms with van der Waals surface area (Å²) in [6.07, 6.45) is 0.829. The highest BCUT2D eigenvalue weighted by Gasteiger charge is 2.32. The molecule has 2 aromatic rings. The Kier molecular flexibility index (Phi) is 6.97. The maximum Gasteiger partial charge on any atom is 0.240 e. The van der Waals surface area contributed by atoms with Gasteiger partial charge in [-0.3, -0.25) is 9.59 Å². The molecule has 1 aliphatic heterocycles. The SMILES string of the molecule is CCC(=NN=C1NC(=O)C(CC(=O)NCc2ccccc2)S1)c1ccccc1. The van der Waals surface area contributed by atoms with Gasteiger partial charge in [-0.1, -0.05) is 79.3 Å². The number of amides is 2. The van der Waals surface area contributed by atoms with E-state index in [1.165, 1.54) is 11.8 Å². The minimum Gasteiger partial charge on any atom is -0.352 e. The lowest BCUT2D eigenvalue weighted by Crippen LogP contribution is -2.31. The van der Waals surface area contributed by atoms with Gasteiger partial charge < -0.3 is 10.6 Å². The molecule has 7 heteroatoms. The fourth-order valence-corrected chi connectivity index (χ4v) is 3.61. The molecule has 1 saturated heterocycles. The van der Waals surface area contributed by atoms with Gasteiger partial charge in [-0.15, -0.1) is 5.10 Å². The summed E-state index contributed by atoms with van der Waals surface area (Å²) in [4.78, 5) is 24.3. The second-order valence-corrected chi connectivity index (χ2v) is 7.43. The van der Waals surface area contributed by atoms with Gasteiger partial charge in [-0.25, -0.2) is 0 Å². The Labute approximate surface area is 168 Å². The number of amidine groups is 1. The highest BCUT2D eigenvalue weighted by atomic mass is 32.2. The van der Waals surface area contributed by atoms with Crippen molar-refractivity contribution in [2.45, 2.75) is 31.6 Å². The Bertz CT molecular complexity index is 882. The number of nitrogens with one attached hydrogen (secondary N) is 2. The van der Waals surface area contributed by atoms with Gasteiger partial charge in [0.2, 0.25) is 11.8 Å². The zero-order chi connectivity index (χ0) is 19.8. The molecule has 0 radical (unpaired) electrons. The molecule has 1 heterocycles. The molecule has 2 aromatic carbocycles. The summed E-state index contributed by atoms with van der Waals surface area (Å²) in [5.41, 5.74) is 2.86. The van der Waals surface area contributed by atoms with Crippen molar-refractivity contribution in [3.8, 4) is 0 Å². The van der Waals surface area contributed by atoms with Crippen molar-refractivity contribution < 1.29 is 9.59 Å². The minimum absolute atomic E-state index is 0.103. The largest absolute Gasteiger partial charge is 0.352 e. The summed E-state index contributed by atoms with van der Waals surface area (Å²) in [6, 6.07) is 19.4. The predicted octanol–water partition coefficient (Wildman–Crippen LogP) is 3.09. The van der Waals surface area contributed by atoms with Crippen LogP contribution in [0.2, 0.25) is 0 Å². The molecule has 0 spiro atoms. The van der Waals surface area contributed by atoms with Crippen LogP contribution in [0.15, 0.2) is 70.9 Å². The predicted molar refractivity (Wildman–Crippen MR) is 113 cm³/mol. The van der Waals surface area contributed by atoms with E-state index < -0.39 is 5.25 Å². The molecule has 1 unspecified atom stereocenters. The molecule has 2 amide bonds. The first-order chi connectivity index (χ1) is 13.7. The number of rotatable bonds is 7. The molecule has 28 heavy (non-hydrogen) atoms. The fraction of sp³-hybridized carbons (Fsp3) is 0.238. The lowest BCUT2D eigenvalue weighted by molar-refractivity contribution is -0.125. The number of hydrogen-bond acceptors (Lipinski definition) is 5. The third kappa shape index (κ3) is 5.53. The van der Waals surface area contributed by atoms with Gasteiger partial charge in [0.25, 0.3) is 0 Å². The molecule has 1 fully saturated rings. The number of nitrogens with zero attached hydrogens (tertiary/aromatic N) is 2. The van der Waals surface area contributed by atoms with Gasteiger partial charge in [0, 0.05) is 13.0 Å². The van der Waals surface area contributed by atoms with E-state index in [0.29, 0.717) is 11.7 Å². The summed E-state index contributed by atoms with van der Waals surface area (Å²) >= 11 is 1.24. The maximum absolute atomic E-state index is 12.2. The first kappa shape index (κ1) is 19.8. The van der Waals surface area contributed by atoms with Crippen molar-refractivity contribution in [2.24, 2.45) is 10.2 Å². The maximum atomic E-state index is 12.2. The van der Waals surface area contributed by atoms with Crippen LogP contribution in [0.25, 0.3) is 0 Å². The third-order valence-corrected chi connectivity index (χ3v) is 5.26. The topological polar surface area (TPSA) is 82.9 Å². The van der Waals surface area contributed by atoms with Crippen molar-refractivity contribution in [3.05, 3.63) is 71.8 Å². The molecule has 6 nitrogen and oxygen atoms in total. The van der Waals surface area contributed by atoms with Crippen LogP contribution in [-0.4, -0.2) is 27.9 Å². The molecule has 1 atom stereocenters. The molecule has 1 aliphatic rings. The average Bonchev–Trinajstić information content (AvgIpc) is 3.07. The first-order valence-electron chi connectivity index (χ1n) is 9.13. The Hall–Kier alpha value is -2.93. The fourth-order valence-electron chi connectivity index (χ4n) is 2.69.